The maximum atomic E-state index is 5.92. The van der Waals surface area contributed by atoms with Crippen LogP contribution in [0.15, 0.2) is 18.2 Å². The molecule has 2 rings (SSSR count). The third-order valence-corrected chi connectivity index (χ3v) is 3.16. The van der Waals surface area contributed by atoms with Gasteiger partial charge in [-0.25, -0.2) is 0 Å². The fourth-order valence-corrected chi connectivity index (χ4v) is 2.02. The van der Waals surface area contributed by atoms with Crippen LogP contribution < -0.4 is 10.5 Å². The molecule has 1 aromatic rings. The summed E-state index contributed by atoms with van der Waals surface area (Å²) in [6, 6.07) is 6.06. The van der Waals surface area contributed by atoms with E-state index in [2.05, 4.69) is 45.6 Å². The third-order valence-electron chi connectivity index (χ3n) is 3.16. The first-order valence-electron chi connectivity index (χ1n) is 6.46. The molecule has 1 unspecified atom stereocenters. The fraction of sp³-hybridized carbons (Fsp3) is 0.500. The van der Waals surface area contributed by atoms with Crippen LogP contribution in [0.4, 0.5) is 0 Å². The molecule has 0 fully saturated rings. The number of fused-ring (bicyclic) bond motifs is 1. The monoisotopic (exact) mass is 243 g/mol. The summed E-state index contributed by atoms with van der Waals surface area (Å²) in [5.74, 6) is 7.62. The Morgan fingerprint density at radius 2 is 2.06 bits per heavy atom. The number of hydrogen-bond donors (Lipinski definition) is 1. The molecule has 0 radical (unpaired) electrons. The molecule has 0 aromatic heterocycles. The van der Waals surface area contributed by atoms with Gasteiger partial charge in [-0.2, -0.15) is 0 Å². The lowest BCUT2D eigenvalue weighted by atomic mass is 10.00. The summed E-state index contributed by atoms with van der Waals surface area (Å²) in [6.45, 7) is 8.37. The van der Waals surface area contributed by atoms with Crippen LogP contribution in [0, 0.1) is 17.8 Å². The van der Waals surface area contributed by atoms with Gasteiger partial charge in [-0.05, 0) is 43.5 Å². The van der Waals surface area contributed by atoms with Gasteiger partial charge in [-0.15, -0.1) is 0 Å². The van der Waals surface area contributed by atoms with Crippen molar-refractivity contribution in [3.05, 3.63) is 29.3 Å². The minimum atomic E-state index is -0.0945. The number of ether oxygens (including phenoxy) is 1. The zero-order valence-corrected chi connectivity index (χ0v) is 11.6. The Morgan fingerprint density at radius 3 is 2.72 bits per heavy atom. The first-order chi connectivity index (χ1) is 8.37. The van der Waals surface area contributed by atoms with Crippen LogP contribution >= 0.6 is 0 Å². The molecule has 0 saturated heterocycles. The van der Waals surface area contributed by atoms with Crippen LogP contribution in [0.3, 0.4) is 0 Å². The Labute approximate surface area is 110 Å². The van der Waals surface area contributed by atoms with Crippen molar-refractivity contribution in [2.75, 3.05) is 0 Å². The van der Waals surface area contributed by atoms with Crippen LogP contribution in [0.25, 0.3) is 0 Å². The highest BCUT2D eigenvalue weighted by atomic mass is 16.5. The summed E-state index contributed by atoms with van der Waals surface area (Å²) in [4.78, 5) is 0. The van der Waals surface area contributed by atoms with Gasteiger partial charge in [0, 0.05) is 12.0 Å². The first-order valence-corrected chi connectivity index (χ1v) is 6.46. The Balaban J connectivity index is 2.19. The fourth-order valence-electron chi connectivity index (χ4n) is 2.02. The van der Waals surface area contributed by atoms with Gasteiger partial charge >= 0.3 is 0 Å². The lowest BCUT2D eigenvalue weighted by molar-refractivity contribution is 0.138. The van der Waals surface area contributed by atoms with E-state index in [1.54, 1.807) is 0 Å². The summed E-state index contributed by atoms with van der Waals surface area (Å²) in [7, 11) is 0. The van der Waals surface area contributed by atoms with Gasteiger partial charge in [0.2, 0.25) is 0 Å². The van der Waals surface area contributed by atoms with Crippen molar-refractivity contribution in [3.63, 3.8) is 0 Å². The van der Waals surface area contributed by atoms with Gasteiger partial charge in [-0.1, -0.05) is 25.7 Å². The van der Waals surface area contributed by atoms with E-state index in [-0.39, 0.29) is 11.6 Å². The topological polar surface area (TPSA) is 35.2 Å². The molecule has 1 aliphatic rings. The molecule has 0 aliphatic carbocycles. The van der Waals surface area contributed by atoms with Crippen LogP contribution in [-0.2, 0) is 6.42 Å². The second kappa shape index (κ2) is 4.66. The second-order valence-electron chi connectivity index (χ2n) is 5.90. The molecule has 18 heavy (non-hydrogen) atoms. The highest BCUT2D eigenvalue weighted by Crippen LogP contribution is 2.34. The molecule has 2 heteroatoms. The SMILES string of the molecule is CC(C)C(N)C#Cc1ccc2c(c1)CC(C)(C)O2. The largest absolute Gasteiger partial charge is 0.487 e. The molecule has 1 heterocycles. The van der Waals surface area contributed by atoms with Gasteiger partial charge in [0.25, 0.3) is 0 Å². The van der Waals surface area contributed by atoms with E-state index in [1.165, 1.54) is 5.56 Å². The number of nitrogens with two attached hydrogens (primary N) is 1. The zero-order valence-electron chi connectivity index (χ0n) is 11.6. The predicted octanol–water partition coefficient (Wildman–Crippen LogP) is 2.73. The molecule has 96 valence electrons. The van der Waals surface area contributed by atoms with Gasteiger partial charge in [0.1, 0.15) is 11.4 Å². The Kier molecular flexibility index (Phi) is 3.36. The highest BCUT2D eigenvalue weighted by molar-refractivity contribution is 5.47. The van der Waals surface area contributed by atoms with E-state index in [0.717, 1.165) is 17.7 Å². The normalized spacial score (nSPS) is 17.7. The van der Waals surface area contributed by atoms with Crippen LogP contribution in [0.5, 0.6) is 5.75 Å². The molecular weight excluding hydrogens is 222 g/mol. The van der Waals surface area contributed by atoms with E-state index in [4.69, 9.17) is 10.5 Å². The van der Waals surface area contributed by atoms with Gasteiger partial charge in [-0.3, -0.25) is 0 Å². The molecule has 2 nitrogen and oxygen atoms in total. The summed E-state index contributed by atoms with van der Waals surface area (Å²) in [6.07, 6.45) is 0.939. The van der Waals surface area contributed by atoms with E-state index in [0.29, 0.717) is 5.92 Å². The first kappa shape index (κ1) is 13.0. The molecule has 1 aliphatic heterocycles. The summed E-state index contributed by atoms with van der Waals surface area (Å²) >= 11 is 0. The van der Waals surface area contributed by atoms with Gasteiger partial charge in [0.15, 0.2) is 0 Å². The quantitative estimate of drug-likeness (QED) is 0.770. The van der Waals surface area contributed by atoms with E-state index < -0.39 is 0 Å². The van der Waals surface area contributed by atoms with Crippen molar-refractivity contribution in [2.45, 2.75) is 45.8 Å². The third kappa shape index (κ3) is 2.86. The van der Waals surface area contributed by atoms with Gasteiger partial charge in [0.05, 0.1) is 6.04 Å². The van der Waals surface area contributed by atoms with Crippen molar-refractivity contribution < 1.29 is 4.74 Å². The van der Waals surface area contributed by atoms with Crippen molar-refractivity contribution >= 4 is 0 Å². The van der Waals surface area contributed by atoms with Crippen molar-refractivity contribution in [1.82, 2.24) is 0 Å². The lowest BCUT2D eigenvalue weighted by Gasteiger charge is -2.16. The molecule has 0 bridgehead atoms. The zero-order chi connectivity index (χ0) is 13.3. The average molecular weight is 243 g/mol. The van der Waals surface area contributed by atoms with E-state index in [1.807, 2.05) is 12.1 Å². The second-order valence-corrected chi connectivity index (χ2v) is 5.90. The highest BCUT2D eigenvalue weighted by Gasteiger charge is 2.29. The standard InChI is InChI=1S/C16H21NO/c1-11(2)14(17)7-5-12-6-8-15-13(9-12)10-16(3,4)18-15/h6,8-9,11,14H,10,17H2,1-4H3. The number of benzene rings is 1. The van der Waals surface area contributed by atoms with Crippen LogP contribution in [0.2, 0.25) is 0 Å². The van der Waals surface area contributed by atoms with Crippen LogP contribution in [-0.4, -0.2) is 11.6 Å². The molecule has 0 amide bonds. The molecule has 0 spiro atoms. The molecule has 1 atom stereocenters. The maximum Gasteiger partial charge on any atom is 0.123 e. The minimum absolute atomic E-state index is 0.0639. The Morgan fingerprint density at radius 1 is 1.33 bits per heavy atom. The smallest absolute Gasteiger partial charge is 0.123 e. The molecule has 2 N–H and O–H groups in total. The minimum Gasteiger partial charge on any atom is -0.487 e. The number of hydrogen-bond acceptors (Lipinski definition) is 2. The summed E-state index contributed by atoms with van der Waals surface area (Å²) in [5, 5.41) is 0. The molecule has 1 aromatic carbocycles. The molecular formula is C16H21NO. The van der Waals surface area contributed by atoms with Crippen molar-refractivity contribution in [1.29, 1.82) is 0 Å². The van der Waals surface area contributed by atoms with Crippen LogP contribution in [0.1, 0.15) is 38.8 Å². The Hall–Kier alpha value is -1.46. The maximum absolute atomic E-state index is 5.92. The lowest BCUT2D eigenvalue weighted by Crippen LogP contribution is -2.24. The van der Waals surface area contributed by atoms with Crippen molar-refractivity contribution in [3.8, 4) is 17.6 Å². The number of rotatable bonds is 1. The van der Waals surface area contributed by atoms with Crippen molar-refractivity contribution in [2.24, 2.45) is 11.7 Å². The molecule has 0 saturated carbocycles. The summed E-state index contributed by atoms with van der Waals surface area (Å²) < 4.78 is 5.84. The Bertz CT molecular complexity index is 506. The summed E-state index contributed by atoms with van der Waals surface area (Å²) in [5.41, 5.74) is 8.09. The van der Waals surface area contributed by atoms with E-state index in [9.17, 15) is 0 Å². The van der Waals surface area contributed by atoms with Gasteiger partial charge < -0.3 is 10.5 Å². The van der Waals surface area contributed by atoms with E-state index >= 15 is 0 Å². The predicted molar refractivity (Wildman–Crippen MR) is 74.5 cm³/mol. The average Bonchev–Trinajstić information content (AvgIpc) is 2.58.